The molecule has 3 heterocycles. The summed E-state index contributed by atoms with van der Waals surface area (Å²) in [7, 11) is 0. The molecule has 0 atom stereocenters. The Kier molecular flexibility index (Phi) is 6.71. The molecule has 0 saturated carbocycles. The minimum Gasteiger partial charge on any atom is -0.356 e. The molecule has 7 heteroatoms. The molecule has 0 aromatic carbocycles. The van der Waals surface area contributed by atoms with Gasteiger partial charge in [0.05, 0.1) is 12.1 Å². The van der Waals surface area contributed by atoms with E-state index in [0.29, 0.717) is 13.0 Å². The van der Waals surface area contributed by atoms with Gasteiger partial charge < -0.3 is 10.2 Å². The summed E-state index contributed by atoms with van der Waals surface area (Å²) in [6, 6.07) is 3.83. The molecule has 2 amide bonds. The molecule has 26 heavy (non-hydrogen) atoms. The molecule has 6 nitrogen and oxygen atoms in total. The molecule has 0 radical (unpaired) electrons. The number of rotatable bonds is 7. The standard InChI is InChI=1S/C19H24N4O2S/c24-17(21-9-5-11-23-10-3-1-2-7-18(23)25)12-16-14-26-19(22-16)15-6-4-8-20-13-15/h4,6,8,13-14H,1-3,5,7,9-12H2,(H,21,24). The van der Waals surface area contributed by atoms with Crippen molar-refractivity contribution in [3.8, 4) is 10.6 Å². The van der Waals surface area contributed by atoms with Crippen LogP contribution in [0.25, 0.3) is 10.6 Å². The van der Waals surface area contributed by atoms with Gasteiger partial charge in [-0.25, -0.2) is 4.98 Å². The normalized spacial score (nSPS) is 14.9. The number of pyridine rings is 1. The number of carbonyl (C=O) groups is 2. The summed E-state index contributed by atoms with van der Waals surface area (Å²) < 4.78 is 0. The van der Waals surface area contributed by atoms with Crippen LogP contribution in [0, 0.1) is 0 Å². The van der Waals surface area contributed by atoms with Crippen molar-refractivity contribution >= 4 is 23.2 Å². The van der Waals surface area contributed by atoms with Crippen LogP contribution in [0.4, 0.5) is 0 Å². The fraction of sp³-hybridized carbons (Fsp3) is 0.474. The van der Waals surface area contributed by atoms with Crippen LogP contribution in [0.15, 0.2) is 29.9 Å². The van der Waals surface area contributed by atoms with E-state index < -0.39 is 0 Å². The van der Waals surface area contributed by atoms with Crippen LogP contribution < -0.4 is 5.32 Å². The number of aromatic nitrogens is 2. The number of amides is 2. The Morgan fingerprint density at radius 3 is 3.08 bits per heavy atom. The fourth-order valence-electron chi connectivity index (χ4n) is 3.01. The van der Waals surface area contributed by atoms with Gasteiger partial charge in [-0.15, -0.1) is 11.3 Å². The molecule has 0 aliphatic carbocycles. The van der Waals surface area contributed by atoms with Gasteiger partial charge in [-0.1, -0.05) is 6.42 Å². The monoisotopic (exact) mass is 372 g/mol. The first kappa shape index (κ1) is 18.5. The maximum atomic E-state index is 12.1. The number of nitrogens with zero attached hydrogens (tertiary/aromatic N) is 3. The average molecular weight is 372 g/mol. The van der Waals surface area contributed by atoms with Crippen LogP contribution in [-0.4, -0.2) is 46.3 Å². The molecule has 1 fully saturated rings. The second-order valence-corrected chi connectivity index (χ2v) is 7.32. The first-order chi connectivity index (χ1) is 12.7. The van der Waals surface area contributed by atoms with Crippen LogP contribution in [0.1, 0.15) is 37.8 Å². The topological polar surface area (TPSA) is 75.2 Å². The third-order valence-corrected chi connectivity index (χ3v) is 5.34. The highest BCUT2D eigenvalue weighted by molar-refractivity contribution is 7.13. The second-order valence-electron chi connectivity index (χ2n) is 6.46. The minimum atomic E-state index is -0.0322. The average Bonchev–Trinajstić information content (AvgIpc) is 3.02. The third-order valence-electron chi connectivity index (χ3n) is 4.40. The van der Waals surface area contributed by atoms with Gasteiger partial charge >= 0.3 is 0 Å². The number of likely N-dealkylation sites (tertiary alicyclic amines) is 1. The molecule has 1 N–H and O–H groups in total. The number of hydrogen-bond donors (Lipinski definition) is 1. The number of carbonyl (C=O) groups excluding carboxylic acids is 2. The zero-order valence-corrected chi connectivity index (χ0v) is 15.6. The van der Waals surface area contributed by atoms with Crippen LogP contribution in [0.2, 0.25) is 0 Å². The van der Waals surface area contributed by atoms with Crippen LogP contribution in [0.3, 0.4) is 0 Å². The number of hydrogen-bond acceptors (Lipinski definition) is 5. The Morgan fingerprint density at radius 1 is 1.31 bits per heavy atom. The Morgan fingerprint density at radius 2 is 2.23 bits per heavy atom. The summed E-state index contributed by atoms with van der Waals surface area (Å²) in [6.07, 6.45) is 8.44. The zero-order chi connectivity index (χ0) is 18.2. The van der Waals surface area contributed by atoms with Crippen molar-refractivity contribution in [2.45, 2.75) is 38.5 Å². The molecular formula is C19H24N4O2S. The predicted molar refractivity (Wildman–Crippen MR) is 102 cm³/mol. The highest BCUT2D eigenvalue weighted by Gasteiger charge is 2.16. The summed E-state index contributed by atoms with van der Waals surface area (Å²) in [5, 5.41) is 5.72. The lowest BCUT2D eigenvalue weighted by molar-refractivity contribution is -0.130. The predicted octanol–water partition coefficient (Wildman–Crippen LogP) is 2.66. The maximum Gasteiger partial charge on any atom is 0.226 e. The van der Waals surface area contributed by atoms with Gasteiger partial charge in [-0.2, -0.15) is 0 Å². The lowest BCUT2D eigenvalue weighted by Crippen LogP contribution is -2.34. The molecule has 3 rings (SSSR count). The number of nitrogens with one attached hydrogen (secondary N) is 1. The lowest BCUT2D eigenvalue weighted by Gasteiger charge is -2.20. The van der Waals surface area contributed by atoms with E-state index in [4.69, 9.17) is 0 Å². The molecule has 0 spiro atoms. The van der Waals surface area contributed by atoms with Crippen LogP contribution in [-0.2, 0) is 16.0 Å². The molecule has 2 aromatic rings. The Hall–Kier alpha value is -2.28. The van der Waals surface area contributed by atoms with Gasteiger partial charge in [0.25, 0.3) is 0 Å². The molecule has 138 valence electrons. The molecule has 2 aromatic heterocycles. The van der Waals surface area contributed by atoms with Gasteiger partial charge in [0.1, 0.15) is 5.01 Å². The van der Waals surface area contributed by atoms with Gasteiger partial charge in [-0.05, 0) is 31.4 Å². The van der Waals surface area contributed by atoms with Crippen molar-refractivity contribution in [2.75, 3.05) is 19.6 Å². The molecule has 0 unspecified atom stereocenters. The summed E-state index contributed by atoms with van der Waals surface area (Å²) in [6.45, 7) is 2.16. The summed E-state index contributed by atoms with van der Waals surface area (Å²) in [4.78, 5) is 34.5. The van der Waals surface area contributed by atoms with Crippen LogP contribution in [0.5, 0.6) is 0 Å². The number of thiazole rings is 1. The van der Waals surface area contributed by atoms with Gasteiger partial charge in [0, 0.05) is 49.4 Å². The molecule has 1 saturated heterocycles. The van der Waals surface area contributed by atoms with E-state index in [9.17, 15) is 9.59 Å². The molecule has 0 bridgehead atoms. The van der Waals surface area contributed by atoms with Crippen molar-refractivity contribution in [1.82, 2.24) is 20.2 Å². The van der Waals surface area contributed by atoms with Crippen molar-refractivity contribution in [2.24, 2.45) is 0 Å². The van der Waals surface area contributed by atoms with Gasteiger partial charge in [-0.3, -0.25) is 14.6 Å². The molecule has 1 aliphatic heterocycles. The van der Waals surface area contributed by atoms with Crippen molar-refractivity contribution < 1.29 is 9.59 Å². The smallest absolute Gasteiger partial charge is 0.226 e. The Labute approximate surface area is 157 Å². The largest absolute Gasteiger partial charge is 0.356 e. The Balaban J connectivity index is 1.39. The first-order valence-corrected chi connectivity index (χ1v) is 9.99. The fourth-order valence-corrected chi connectivity index (χ4v) is 3.82. The summed E-state index contributed by atoms with van der Waals surface area (Å²) >= 11 is 1.52. The minimum absolute atomic E-state index is 0.0322. The van der Waals surface area contributed by atoms with E-state index in [0.717, 1.165) is 55.0 Å². The van der Waals surface area contributed by atoms with Crippen molar-refractivity contribution in [3.05, 3.63) is 35.6 Å². The van der Waals surface area contributed by atoms with E-state index in [1.165, 1.54) is 11.3 Å². The van der Waals surface area contributed by atoms with E-state index in [2.05, 4.69) is 15.3 Å². The van der Waals surface area contributed by atoms with Crippen molar-refractivity contribution in [1.29, 1.82) is 0 Å². The highest BCUT2D eigenvalue weighted by atomic mass is 32.1. The van der Waals surface area contributed by atoms with E-state index in [-0.39, 0.29) is 18.2 Å². The van der Waals surface area contributed by atoms with Gasteiger partial charge in [0.2, 0.25) is 11.8 Å². The summed E-state index contributed by atoms with van der Waals surface area (Å²) in [5.41, 5.74) is 1.74. The zero-order valence-electron chi connectivity index (χ0n) is 14.8. The third kappa shape index (κ3) is 5.36. The Bertz CT molecular complexity index is 732. The second kappa shape index (κ2) is 9.43. The van der Waals surface area contributed by atoms with E-state index in [1.54, 1.807) is 12.4 Å². The highest BCUT2D eigenvalue weighted by Crippen LogP contribution is 2.22. The van der Waals surface area contributed by atoms with Crippen LogP contribution >= 0.6 is 11.3 Å². The van der Waals surface area contributed by atoms with E-state index in [1.807, 2.05) is 22.4 Å². The SMILES string of the molecule is O=C(Cc1csc(-c2cccnc2)n1)NCCCN1CCCCCC1=O. The van der Waals surface area contributed by atoms with Crippen molar-refractivity contribution in [3.63, 3.8) is 0 Å². The maximum absolute atomic E-state index is 12.1. The first-order valence-electron chi connectivity index (χ1n) is 9.11. The lowest BCUT2D eigenvalue weighted by atomic mass is 10.2. The molecule has 1 aliphatic rings. The van der Waals surface area contributed by atoms with Gasteiger partial charge in [0.15, 0.2) is 0 Å². The quantitative estimate of drug-likeness (QED) is 0.758. The summed E-state index contributed by atoms with van der Waals surface area (Å²) in [5.74, 6) is 0.217. The van der Waals surface area contributed by atoms with E-state index >= 15 is 0 Å². The molecular weight excluding hydrogens is 348 g/mol.